The first kappa shape index (κ1) is 21.1. The predicted octanol–water partition coefficient (Wildman–Crippen LogP) is 3.19. The van der Waals surface area contributed by atoms with E-state index in [4.69, 9.17) is 9.47 Å². The summed E-state index contributed by atoms with van der Waals surface area (Å²) in [6.07, 6.45) is 0.931. The number of carbonyl (C=O) groups is 1. The predicted molar refractivity (Wildman–Crippen MR) is 111 cm³/mol. The largest absolute Gasteiger partial charge is 0.495 e. The molecule has 1 amide bonds. The summed E-state index contributed by atoms with van der Waals surface area (Å²) >= 11 is 0. The van der Waals surface area contributed by atoms with Crippen molar-refractivity contribution in [3.63, 3.8) is 0 Å². The lowest BCUT2D eigenvalue weighted by atomic mass is 10.2. The molecule has 0 aromatic heterocycles. The molecule has 156 valence electrons. The fourth-order valence-corrected chi connectivity index (χ4v) is 4.68. The van der Waals surface area contributed by atoms with Gasteiger partial charge in [0.05, 0.1) is 17.7 Å². The lowest BCUT2D eigenvalue weighted by molar-refractivity contribution is -0.122. The summed E-state index contributed by atoms with van der Waals surface area (Å²) in [6.45, 7) is 4.62. The minimum atomic E-state index is -3.60. The Morgan fingerprint density at radius 1 is 1.10 bits per heavy atom. The van der Waals surface area contributed by atoms with Gasteiger partial charge in [-0.3, -0.25) is 4.79 Å². The molecule has 0 aliphatic carbocycles. The van der Waals surface area contributed by atoms with Crippen LogP contribution < -0.4 is 14.8 Å². The standard InChI is InChI=1S/C21H26N2O5S/c1-15-6-8-17(9-7-15)28-16(2)21(24)22-19-14-18(10-11-20(19)27-3)29(25,26)23-12-4-5-13-23/h6-11,14,16H,4-5,12-13H2,1-3H3,(H,22,24)/t16-/m1/s1. The van der Waals surface area contributed by atoms with Crippen LogP contribution in [0.15, 0.2) is 47.4 Å². The Bertz CT molecular complexity index is 967. The summed E-state index contributed by atoms with van der Waals surface area (Å²) < 4.78 is 38.1. The molecule has 1 heterocycles. The van der Waals surface area contributed by atoms with Crippen LogP contribution in [-0.4, -0.2) is 44.9 Å². The molecule has 0 unspecified atom stereocenters. The van der Waals surface area contributed by atoms with Crippen LogP contribution in [0.5, 0.6) is 11.5 Å². The quantitative estimate of drug-likeness (QED) is 0.746. The number of methoxy groups -OCH3 is 1. The van der Waals surface area contributed by atoms with E-state index in [2.05, 4.69) is 5.32 Å². The molecule has 0 spiro atoms. The summed E-state index contributed by atoms with van der Waals surface area (Å²) in [6, 6.07) is 11.9. The van der Waals surface area contributed by atoms with Crippen molar-refractivity contribution in [3.05, 3.63) is 48.0 Å². The van der Waals surface area contributed by atoms with Crippen LogP contribution in [0.4, 0.5) is 5.69 Å². The molecule has 3 rings (SSSR count). The number of sulfonamides is 1. The highest BCUT2D eigenvalue weighted by atomic mass is 32.2. The molecule has 0 bridgehead atoms. The van der Waals surface area contributed by atoms with Gasteiger partial charge in [0.1, 0.15) is 11.5 Å². The van der Waals surface area contributed by atoms with E-state index in [1.54, 1.807) is 25.1 Å². The van der Waals surface area contributed by atoms with Crippen molar-refractivity contribution in [2.45, 2.75) is 37.7 Å². The zero-order valence-electron chi connectivity index (χ0n) is 16.8. The smallest absolute Gasteiger partial charge is 0.265 e. The summed E-state index contributed by atoms with van der Waals surface area (Å²) in [5.74, 6) is 0.552. The van der Waals surface area contributed by atoms with Crippen LogP contribution >= 0.6 is 0 Å². The number of carbonyl (C=O) groups excluding carboxylic acids is 1. The maximum Gasteiger partial charge on any atom is 0.265 e. The highest BCUT2D eigenvalue weighted by molar-refractivity contribution is 7.89. The Morgan fingerprint density at radius 3 is 2.38 bits per heavy atom. The number of aryl methyl sites for hydroxylation is 1. The average Bonchev–Trinajstić information content (AvgIpc) is 3.25. The molecule has 1 aliphatic heterocycles. The molecule has 8 heteroatoms. The van der Waals surface area contributed by atoms with Gasteiger partial charge in [0.2, 0.25) is 10.0 Å². The van der Waals surface area contributed by atoms with Gasteiger partial charge in [0, 0.05) is 13.1 Å². The fraction of sp³-hybridized carbons (Fsp3) is 0.381. The summed E-state index contributed by atoms with van der Waals surface area (Å²) in [5, 5.41) is 2.72. The second-order valence-corrected chi connectivity index (χ2v) is 8.97. The fourth-order valence-electron chi connectivity index (χ4n) is 3.13. The molecule has 1 saturated heterocycles. The molecule has 1 aliphatic rings. The monoisotopic (exact) mass is 418 g/mol. The SMILES string of the molecule is COc1ccc(S(=O)(=O)N2CCCC2)cc1NC(=O)[C@@H](C)Oc1ccc(C)cc1. The van der Waals surface area contributed by atoms with Gasteiger partial charge in [-0.05, 0) is 57.0 Å². The minimum absolute atomic E-state index is 0.127. The van der Waals surface area contributed by atoms with E-state index in [1.165, 1.54) is 23.5 Å². The van der Waals surface area contributed by atoms with Gasteiger partial charge in [0.15, 0.2) is 6.10 Å². The highest BCUT2D eigenvalue weighted by Gasteiger charge is 2.28. The van der Waals surface area contributed by atoms with Gasteiger partial charge in [-0.15, -0.1) is 0 Å². The second kappa shape index (κ2) is 8.84. The van der Waals surface area contributed by atoms with Gasteiger partial charge in [0.25, 0.3) is 5.91 Å². The van der Waals surface area contributed by atoms with Crippen molar-refractivity contribution in [1.82, 2.24) is 4.31 Å². The zero-order chi connectivity index (χ0) is 21.0. The van der Waals surface area contributed by atoms with Crippen LogP contribution in [0.3, 0.4) is 0 Å². The maximum atomic E-state index is 12.8. The summed E-state index contributed by atoms with van der Waals surface area (Å²) in [4.78, 5) is 12.7. The van der Waals surface area contributed by atoms with Crippen LogP contribution in [0.25, 0.3) is 0 Å². The van der Waals surface area contributed by atoms with E-state index >= 15 is 0 Å². The molecular formula is C21H26N2O5S. The van der Waals surface area contributed by atoms with Gasteiger partial charge >= 0.3 is 0 Å². The number of hydrogen-bond donors (Lipinski definition) is 1. The van der Waals surface area contributed by atoms with Crippen molar-refractivity contribution >= 4 is 21.6 Å². The third-order valence-electron chi connectivity index (χ3n) is 4.83. The number of amides is 1. The first-order valence-corrected chi connectivity index (χ1v) is 11.0. The van der Waals surface area contributed by atoms with E-state index in [0.29, 0.717) is 24.6 Å². The Labute approximate surface area is 171 Å². The molecule has 1 N–H and O–H groups in total. The number of anilines is 1. The van der Waals surface area contributed by atoms with Crippen molar-refractivity contribution in [1.29, 1.82) is 0 Å². The minimum Gasteiger partial charge on any atom is -0.495 e. The topological polar surface area (TPSA) is 84.9 Å². The summed E-state index contributed by atoms with van der Waals surface area (Å²) in [5.41, 5.74) is 1.38. The Hall–Kier alpha value is -2.58. The molecule has 0 saturated carbocycles. The van der Waals surface area contributed by atoms with Gasteiger partial charge in [-0.1, -0.05) is 17.7 Å². The van der Waals surface area contributed by atoms with Gasteiger partial charge in [-0.2, -0.15) is 4.31 Å². The molecule has 29 heavy (non-hydrogen) atoms. The first-order chi connectivity index (χ1) is 13.8. The van der Waals surface area contributed by atoms with E-state index in [0.717, 1.165) is 18.4 Å². The van der Waals surface area contributed by atoms with Crippen LogP contribution in [0.2, 0.25) is 0 Å². The van der Waals surface area contributed by atoms with Crippen LogP contribution in [-0.2, 0) is 14.8 Å². The number of rotatable bonds is 7. The van der Waals surface area contributed by atoms with Crippen molar-refractivity contribution < 1.29 is 22.7 Å². The van der Waals surface area contributed by atoms with E-state index < -0.39 is 22.0 Å². The molecule has 1 fully saturated rings. The average molecular weight is 419 g/mol. The molecule has 2 aromatic carbocycles. The number of nitrogens with one attached hydrogen (secondary N) is 1. The Balaban J connectivity index is 1.78. The summed E-state index contributed by atoms with van der Waals surface area (Å²) in [7, 11) is -2.14. The number of ether oxygens (including phenoxy) is 2. The number of benzene rings is 2. The van der Waals surface area contributed by atoms with E-state index in [1.807, 2.05) is 19.1 Å². The Kier molecular flexibility index (Phi) is 6.44. The van der Waals surface area contributed by atoms with E-state index in [9.17, 15) is 13.2 Å². The lowest BCUT2D eigenvalue weighted by Gasteiger charge is -2.19. The highest BCUT2D eigenvalue weighted by Crippen LogP contribution is 2.30. The number of hydrogen-bond acceptors (Lipinski definition) is 5. The molecule has 7 nitrogen and oxygen atoms in total. The molecular weight excluding hydrogens is 392 g/mol. The lowest BCUT2D eigenvalue weighted by Crippen LogP contribution is -2.31. The first-order valence-electron chi connectivity index (χ1n) is 9.53. The van der Waals surface area contributed by atoms with Crippen LogP contribution in [0.1, 0.15) is 25.3 Å². The van der Waals surface area contributed by atoms with Crippen molar-refractivity contribution in [2.24, 2.45) is 0 Å². The third-order valence-corrected chi connectivity index (χ3v) is 6.73. The van der Waals surface area contributed by atoms with Gasteiger partial charge < -0.3 is 14.8 Å². The Morgan fingerprint density at radius 2 is 1.76 bits per heavy atom. The molecule has 1 atom stereocenters. The second-order valence-electron chi connectivity index (χ2n) is 7.04. The van der Waals surface area contributed by atoms with Crippen molar-refractivity contribution in [2.75, 3.05) is 25.5 Å². The molecule has 2 aromatic rings. The maximum absolute atomic E-state index is 12.8. The van der Waals surface area contributed by atoms with E-state index in [-0.39, 0.29) is 10.6 Å². The zero-order valence-corrected chi connectivity index (χ0v) is 17.7. The normalized spacial score (nSPS) is 15.7. The molecule has 0 radical (unpaired) electrons. The third kappa shape index (κ3) is 4.89. The number of nitrogens with zero attached hydrogens (tertiary/aromatic N) is 1. The van der Waals surface area contributed by atoms with Gasteiger partial charge in [-0.25, -0.2) is 8.42 Å². The van der Waals surface area contributed by atoms with Crippen molar-refractivity contribution in [3.8, 4) is 11.5 Å². The van der Waals surface area contributed by atoms with Crippen LogP contribution in [0, 0.1) is 6.92 Å².